The van der Waals surface area contributed by atoms with Crippen LogP contribution in [0.25, 0.3) is 0 Å². The Morgan fingerprint density at radius 2 is 1.61 bits per heavy atom. The van der Waals surface area contributed by atoms with E-state index in [0.717, 1.165) is 5.32 Å². The van der Waals surface area contributed by atoms with Gasteiger partial charge in [0.2, 0.25) is 6.04 Å². The second-order valence-electron chi connectivity index (χ2n) is 5.25. The molecule has 0 saturated carbocycles. The zero-order chi connectivity index (χ0) is 18.0. The van der Waals surface area contributed by atoms with Gasteiger partial charge >= 0.3 is 18.4 Å². The molecule has 1 amide bonds. The van der Waals surface area contributed by atoms with Crippen LogP contribution in [0, 0.1) is 6.92 Å². The number of benzene rings is 1. The van der Waals surface area contributed by atoms with Crippen LogP contribution >= 0.6 is 0 Å². The van der Waals surface area contributed by atoms with Crippen LogP contribution in [-0.4, -0.2) is 24.5 Å². The van der Waals surface area contributed by atoms with Crippen molar-refractivity contribution < 1.29 is 35.9 Å². The van der Waals surface area contributed by atoms with E-state index in [1.807, 2.05) is 0 Å². The van der Waals surface area contributed by atoms with Gasteiger partial charge in [0.1, 0.15) is 5.75 Å². The number of hydrogen-bond donors (Lipinski definition) is 1. The minimum absolute atomic E-state index is 0.0828. The third kappa shape index (κ3) is 5.33. The van der Waals surface area contributed by atoms with Gasteiger partial charge in [-0.2, -0.15) is 26.3 Å². The van der Waals surface area contributed by atoms with Gasteiger partial charge in [-0.05, 0) is 30.0 Å². The highest BCUT2D eigenvalue weighted by Gasteiger charge is 2.57. The van der Waals surface area contributed by atoms with Gasteiger partial charge < -0.3 is 10.1 Å². The van der Waals surface area contributed by atoms with Crippen LogP contribution in [0.3, 0.4) is 0 Å². The molecule has 9 heteroatoms. The molecule has 0 aliphatic rings. The first-order valence-electron chi connectivity index (χ1n) is 6.54. The maximum Gasteiger partial charge on any atom is 0.417 e. The summed E-state index contributed by atoms with van der Waals surface area (Å²) in [5, 5.41) is 0.820. The zero-order valence-corrected chi connectivity index (χ0v) is 12.5. The third-order valence-corrected chi connectivity index (χ3v) is 2.91. The van der Waals surface area contributed by atoms with Gasteiger partial charge in [0.25, 0.3) is 0 Å². The van der Waals surface area contributed by atoms with Crippen LogP contribution < -0.4 is 10.1 Å². The Morgan fingerprint density at radius 3 is 2.04 bits per heavy atom. The van der Waals surface area contributed by atoms with Crippen LogP contribution in [0.5, 0.6) is 5.75 Å². The summed E-state index contributed by atoms with van der Waals surface area (Å²) in [5.74, 6) is -0.222. The number of carbonyl (C=O) groups excluding carboxylic acids is 1. The summed E-state index contributed by atoms with van der Waals surface area (Å²) >= 11 is 0. The molecule has 0 bridgehead atoms. The summed E-state index contributed by atoms with van der Waals surface area (Å²) in [4.78, 5) is 11.5. The van der Waals surface area contributed by atoms with Crippen molar-refractivity contribution in [1.29, 1.82) is 0 Å². The van der Waals surface area contributed by atoms with Crippen molar-refractivity contribution in [3.63, 3.8) is 0 Å². The molecule has 0 saturated heterocycles. The first-order valence-corrected chi connectivity index (χ1v) is 6.54. The molecule has 1 aromatic carbocycles. The van der Waals surface area contributed by atoms with Crippen LogP contribution in [0.1, 0.15) is 30.9 Å². The predicted octanol–water partition coefficient (Wildman–Crippen LogP) is 4.70. The number of hydrogen-bond acceptors (Lipinski definition) is 2. The molecule has 1 aromatic rings. The lowest BCUT2D eigenvalue weighted by Crippen LogP contribution is -2.55. The van der Waals surface area contributed by atoms with Crippen LogP contribution in [-0.2, 0) is 0 Å². The number of rotatable bonds is 3. The molecule has 1 N–H and O–H groups in total. The lowest BCUT2D eigenvalue weighted by Gasteiger charge is -2.24. The van der Waals surface area contributed by atoms with E-state index in [2.05, 4.69) is 4.74 Å². The average Bonchev–Trinajstić information content (AvgIpc) is 2.32. The lowest BCUT2D eigenvalue weighted by atomic mass is 10.0. The number of aryl methyl sites for hydroxylation is 1. The fourth-order valence-corrected chi connectivity index (χ4v) is 1.80. The van der Waals surface area contributed by atoms with Crippen molar-refractivity contribution in [2.75, 3.05) is 0 Å². The first kappa shape index (κ1) is 19.1. The molecule has 0 fully saturated rings. The first-order chi connectivity index (χ1) is 10.3. The summed E-state index contributed by atoms with van der Waals surface area (Å²) < 4.78 is 79.0. The lowest BCUT2D eigenvalue weighted by molar-refractivity contribution is -0.255. The Labute approximate surface area is 128 Å². The Morgan fingerprint density at radius 1 is 1.09 bits per heavy atom. The summed E-state index contributed by atoms with van der Waals surface area (Å²) in [7, 11) is 0. The normalized spacial score (nSPS) is 12.7. The van der Waals surface area contributed by atoms with Gasteiger partial charge in [-0.15, -0.1) is 0 Å². The van der Waals surface area contributed by atoms with Crippen LogP contribution in [0.15, 0.2) is 18.2 Å². The second kappa shape index (κ2) is 6.67. The average molecular weight is 343 g/mol. The van der Waals surface area contributed by atoms with E-state index in [0.29, 0.717) is 11.1 Å². The monoisotopic (exact) mass is 343 g/mol. The molecule has 0 spiro atoms. The standard InChI is InChI=1S/C14H15F6NO2/c1-7(2)9-5-4-8(3)6-10(9)23-12(22)21-11(13(15,16)17)14(18,19)20/h4-7,11H,1-3H3,(H,21,22). The summed E-state index contributed by atoms with van der Waals surface area (Å²) in [6.07, 6.45) is -13.2. The van der Waals surface area contributed by atoms with E-state index in [9.17, 15) is 31.1 Å². The van der Waals surface area contributed by atoms with E-state index in [1.54, 1.807) is 32.9 Å². The quantitative estimate of drug-likeness (QED) is 0.808. The van der Waals surface area contributed by atoms with E-state index < -0.39 is 24.5 Å². The molecule has 0 radical (unpaired) electrons. The highest BCUT2D eigenvalue weighted by atomic mass is 19.4. The molecular formula is C14H15F6NO2. The predicted molar refractivity (Wildman–Crippen MR) is 70.3 cm³/mol. The number of nitrogens with one attached hydrogen (secondary N) is 1. The summed E-state index contributed by atoms with van der Waals surface area (Å²) in [6, 6.07) is 0.655. The number of carbonyl (C=O) groups is 1. The van der Waals surface area contributed by atoms with Gasteiger partial charge in [0, 0.05) is 0 Å². The molecule has 0 atom stereocenters. The van der Waals surface area contributed by atoms with Gasteiger partial charge in [-0.1, -0.05) is 26.0 Å². The summed E-state index contributed by atoms with van der Waals surface area (Å²) in [5.41, 5.74) is 1.13. The molecule has 0 heterocycles. The molecular weight excluding hydrogens is 328 g/mol. The number of amides is 1. The summed E-state index contributed by atoms with van der Waals surface area (Å²) in [6.45, 7) is 5.12. The molecule has 3 nitrogen and oxygen atoms in total. The zero-order valence-electron chi connectivity index (χ0n) is 12.5. The largest absolute Gasteiger partial charge is 0.417 e. The number of halogens is 6. The van der Waals surface area contributed by atoms with Crippen molar-refractivity contribution in [3.05, 3.63) is 29.3 Å². The third-order valence-electron chi connectivity index (χ3n) is 2.91. The van der Waals surface area contributed by atoms with Crippen molar-refractivity contribution in [2.24, 2.45) is 0 Å². The van der Waals surface area contributed by atoms with E-state index in [-0.39, 0.29) is 11.7 Å². The minimum Gasteiger partial charge on any atom is -0.410 e. The van der Waals surface area contributed by atoms with Crippen molar-refractivity contribution in [3.8, 4) is 5.75 Å². The Bertz CT molecular complexity index is 551. The highest BCUT2D eigenvalue weighted by molar-refractivity contribution is 5.71. The molecule has 0 unspecified atom stereocenters. The molecule has 0 aliphatic heterocycles. The SMILES string of the molecule is Cc1ccc(C(C)C)c(OC(=O)NC(C(F)(F)F)C(F)(F)F)c1. The van der Waals surface area contributed by atoms with Crippen molar-refractivity contribution in [2.45, 2.75) is 45.1 Å². The maximum atomic E-state index is 12.4. The van der Waals surface area contributed by atoms with Gasteiger partial charge in [0.15, 0.2) is 0 Å². The van der Waals surface area contributed by atoms with Crippen molar-refractivity contribution in [1.82, 2.24) is 5.32 Å². The van der Waals surface area contributed by atoms with Gasteiger partial charge in [-0.3, -0.25) is 0 Å². The van der Waals surface area contributed by atoms with Crippen LogP contribution in [0.4, 0.5) is 31.1 Å². The van der Waals surface area contributed by atoms with Gasteiger partial charge in [0.05, 0.1) is 0 Å². The molecule has 0 aliphatic carbocycles. The number of alkyl halides is 6. The smallest absolute Gasteiger partial charge is 0.410 e. The maximum absolute atomic E-state index is 12.4. The highest BCUT2D eigenvalue weighted by Crippen LogP contribution is 2.33. The molecule has 130 valence electrons. The molecule has 23 heavy (non-hydrogen) atoms. The number of ether oxygens (including phenoxy) is 1. The van der Waals surface area contributed by atoms with E-state index in [4.69, 9.17) is 0 Å². The fraction of sp³-hybridized carbons (Fsp3) is 0.500. The molecule has 0 aromatic heterocycles. The Kier molecular flexibility index (Phi) is 5.55. The Hall–Kier alpha value is -1.93. The Balaban J connectivity index is 2.98. The minimum atomic E-state index is -5.68. The van der Waals surface area contributed by atoms with Crippen LogP contribution in [0.2, 0.25) is 0 Å². The topological polar surface area (TPSA) is 38.3 Å². The van der Waals surface area contributed by atoms with Crippen molar-refractivity contribution >= 4 is 6.09 Å². The van der Waals surface area contributed by atoms with Gasteiger partial charge in [-0.25, -0.2) is 4.79 Å². The molecule has 1 rings (SSSR count). The fourth-order valence-electron chi connectivity index (χ4n) is 1.80. The van der Waals surface area contributed by atoms with E-state index in [1.165, 1.54) is 6.07 Å². The van der Waals surface area contributed by atoms with E-state index >= 15 is 0 Å². The second-order valence-corrected chi connectivity index (χ2v) is 5.25.